The Hall–Kier alpha value is -6.35. The number of carbonyl (C=O) groups is 3. The topological polar surface area (TPSA) is 119 Å². The van der Waals surface area contributed by atoms with Gasteiger partial charge in [-0.1, -0.05) is 97.1 Å². The molecule has 0 aromatic heterocycles. The number of carbonyl (C=O) groups excluding carboxylic acids is 2. The maximum atomic E-state index is 13.0. The van der Waals surface area contributed by atoms with Crippen LogP contribution in [0.2, 0.25) is 0 Å². The summed E-state index contributed by atoms with van der Waals surface area (Å²) in [6, 6.07) is 44.1. The van der Waals surface area contributed by atoms with Crippen molar-refractivity contribution in [3.8, 4) is 50.6 Å². The van der Waals surface area contributed by atoms with E-state index in [-0.39, 0.29) is 23.5 Å². The van der Waals surface area contributed by atoms with Crippen molar-refractivity contribution in [1.29, 1.82) is 0 Å². The Labute approximate surface area is 277 Å². The van der Waals surface area contributed by atoms with Gasteiger partial charge in [0.15, 0.2) is 0 Å². The highest BCUT2D eigenvalue weighted by atomic mass is 17.1. The fourth-order valence-corrected chi connectivity index (χ4v) is 5.10. The highest BCUT2D eigenvalue weighted by Gasteiger charge is 2.20. The maximum Gasteiger partial charge on any atom is 0.344 e. The largest absolute Gasteiger partial charge is 0.478 e. The Balaban J connectivity index is 0.00000221. The SMILES string of the molecule is C=O.O=C(O)c1cc(-c2ccccc2)ccc1C(=O)Oc1ccc(-c2ccc(Oc3ccc(-c4ccccc4)cc3COO)cc2)cc1. The molecule has 0 unspecified atom stereocenters. The smallest absolute Gasteiger partial charge is 0.344 e. The summed E-state index contributed by atoms with van der Waals surface area (Å²) >= 11 is 0. The van der Waals surface area contributed by atoms with Crippen molar-refractivity contribution >= 4 is 18.7 Å². The van der Waals surface area contributed by atoms with Crippen LogP contribution < -0.4 is 9.47 Å². The van der Waals surface area contributed by atoms with Gasteiger partial charge in [0.25, 0.3) is 0 Å². The van der Waals surface area contributed by atoms with Crippen molar-refractivity contribution in [3.63, 3.8) is 0 Å². The third-order valence-electron chi connectivity index (χ3n) is 7.44. The number of carboxylic acids is 1. The van der Waals surface area contributed by atoms with Gasteiger partial charge in [-0.3, -0.25) is 5.26 Å². The summed E-state index contributed by atoms with van der Waals surface area (Å²) in [4.78, 5) is 37.4. The molecule has 0 spiro atoms. The highest BCUT2D eigenvalue weighted by Crippen LogP contribution is 2.32. The van der Waals surface area contributed by atoms with E-state index in [9.17, 15) is 14.7 Å². The van der Waals surface area contributed by atoms with E-state index in [0.717, 1.165) is 27.8 Å². The van der Waals surface area contributed by atoms with E-state index in [1.165, 1.54) is 12.1 Å². The summed E-state index contributed by atoms with van der Waals surface area (Å²) in [5, 5.41) is 18.9. The number of hydrogen-bond donors (Lipinski definition) is 2. The molecule has 0 atom stereocenters. The van der Waals surface area contributed by atoms with Crippen LogP contribution in [0, 0.1) is 0 Å². The van der Waals surface area contributed by atoms with Crippen molar-refractivity contribution in [2.75, 3.05) is 0 Å². The highest BCUT2D eigenvalue weighted by molar-refractivity contribution is 6.04. The first-order valence-corrected chi connectivity index (χ1v) is 14.8. The van der Waals surface area contributed by atoms with Gasteiger partial charge in [-0.25, -0.2) is 14.5 Å². The monoisotopic (exact) mass is 638 g/mol. The van der Waals surface area contributed by atoms with Crippen LogP contribution in [-0.4, -0.2) is 29.1 Å². The Bertz CT molecular complexity index is 1990. The molecule has 8 nitrogen and oxygen atoms in total. The predicted octanol–water partition coefficient (Wildman–Crippen LogP) is 9.20. The van der Waals surface area contributed by atoms with E-state index < -0.39 is 11.9 Å². The number of aromatic carboxylic acids is 1. The van der Waals surface area contributed by atoms with E-state index >= 15 is 0 Å². The van der Waals surface area contributed by atoms with E-state index in [4.69, 9.17) is 19.5 Å². The standard InChI is InChI=1S/C39H28O7.CH2O/c40-38(41)36-24-31(27-9-5-2-6-10-27)15-21-35(36)39(42)46-34-19-13-29(14-20-34)28-11-17-33(18-12-28)45-37-22-16-30(23-32(37)25-44-43)26-7-3-1-4-8-26;1-2/h1-24,43H,25H2,(H,40,41);1H2. The van der Waals surface area contributed by atoms with Crippen molar-refractivity contribution in [2.24, 2.45) is 0 Å². The molecule has 0 fully saturated rings. The lowest BCUT2D eigenvalue weighted by molar-refractivity contribution is -0.253. The van der Waals surface area contributed by atoms with Crippen molar-refractivity contribution < 1.29 is 39.1 Å². The molecule has 0 amide bonds. The molecular formula is C40H30O8. The van der Waals surface area contributed by atoms with E-state index in [1.54, 1.807) is 18.2 Å². The molecule has 0 aliphatic carbocycles. The second kappa shape index (κ2) is 15.8. The molecule has 0 heterocycles. The van der Waals surface area contributed by atoms with E-state index in [0.29, 0.717) is 22.6 Å². The zero-order valence-corrected chi connectivity index (χ0v) is 25.6. The Morgan fingerprint density at radius 2 is 1.02 bits per heavy atom. The average Bonchev–Trinajstić information content (AvgIpc) is 3.14. The second-order valence-electron chi connectivity index (χ2n) is 10.4. The molecule has 0 bridgehead atoms. The molecule has 0 saturated heterocycles. The van der Waals surface area contributed by atoms with Crippen LogP contribution >= 0.6 is 0 Å². The molecular weight excluding hydrogens is 608 g/mol. The first-order valence-electron chi connectivity index (χ1n) is 14.8. The lowest BCUT2D eigenvalue weighted by atomic mass is 9.99. The number of ether oxygens (including phenoxy) is 2. The summed E-state index contributed by atoms with van der Waals surface area (Å²) in [6.45, 7) is 1.97. The normalized spacial score (nSPS) is 10.4. The summed E-state index contributed by atoms with van der Waals surface area (Å²) in [5.74, 6) is -0.514. The Kier molecular flexibility index (Phi) is 10.9. The number of hydrogen-bond acceptors (Lipinski definition) is 7. The molecule has 0 saturated carbocycles. The average molecular weight is 639 g/mol. The molecule has 238 valence electrons. The van der Waals surface area contributed by atoms with Crippen LogP contribution in [0.25, 0.3) is 33.4 Å². The fourth-order valence-electron chi connectivity index (χ4n) is 5.10. The molecule has 2 N–H and O–H groups in total. The molecule has 0 aliphatic heterocycles. The summed E-state index contributed by atoms with van der Waals surface area (Å²) in [6.07, 6.45) is 0. The van der Waals surface area contributed by atoms with E-state index in [1.807, 2.05) is 122 Å². The van der Waals surface area contributed by atoms with Gasteiger partial charge in [0.1, 0.15) is 30.6 Å². The number of rotatable bonds is 10. The van der Waals surface area contributed by atoms with Gasteiger partial charge in [0.2, 0.25) is 0 Å². The van der Waals surface area contributed by atoms with Crippen molar-refractivity contribution in [3.05, 3.63) is 162 Å². The quantitative estimate of drug-likeness (QED) is 0.0660. The first-order chi connectivity index (χ1) is 23.5. The van der Waals surface area contributed by atoms with Gasteiger partial charge in [0.05, 0.1) is 11.1 Å². The van der Waals surface area contributed by atoms with Crippen molar-refractivity contribution in [1.82, 2.24) is 0 Å². The molecule has 48 heavy (non-hydrogen) atoms. The van der Waals surface area contributed by atoms with Gasteiger partial charge in [-0.15, -0.1) is 0 Å². The molecule has 6 aromatic rings. The number of carboxylic acid groups (broad SMARTS) is 1. The predicted molar refractivity (Wildman–Crippen MR) is 182 cm³/mol. The molecule has 6 rings (SSSR count). The second-order valence-corrected chi connectivity index (χ2v) is 10.4. The van der Waals surface area contributed by atoms with Gasteiger partial charge in [-0.2, -0.15) is 0 Å². The molecule has 0 radical (unpaired) electrons. The lowest BCUT2D eigenvalue weighted by Crippen LogP contribution is -2.14. The third kappa shape index (κ3) is 7.89. The summed E-state index contributed by atoms with van der Waals surface area (Å²) < 4.78 is 11.6. The minimum atomic E-state index is -1.21. The number of benzene rings is 6. The van der Waals surface area contributed by atoms with Crippen LogP contribution in [0.3, 0.4) is 0 Å². The third-order valence-corrected chi connectivity index (χ3v) is 7.44. The number of esters is 1. The van der Waals surface area contributed by atoms with Crippen molar-refractivity contribution in [2.45, 2.75) is 6.61 Å². The van der Waals surface area contributed by atoms with Crippen LogP contribution in [0.4, 0.5) is 0 Å². The zero-order valence-electron chi connectivity index (χ0n) is 25.6. The minimum absolute atomic E-state index is 0.0262. The zero-order chi connectivity index (χ0) is 33.9. The van der Waals surface area contributed by atoms with E-state index in [2.05, 4.69) is 4.89 Å². The minimum Gasteiger partial charge on any atom is -0.478 e. The van der Waals surface area contributed by atoms with Gasteiger partial charge >= 0.3 is 11.9 Å². The molecule has 8 heteroatoms. The first kappa shape index (κ1) is 33.0. The molecule has 6 aromatic carbocycles. The van der Waals surface area contributed by atoms with Crippen LogP contribution in [-0.2, 0) is 16.3 Å². The summed E-state index contributed by atoms with van der Waals surface area (Å²) in [7, 11) is 0. The maximum absolute atomic E-state index is 13.0. The van der Waals surface area contributed by atoms with Gasteiger partial charge in [0, 0.05) is 5.56 Å². The Morgan fingerprint density at radius 3 is 1.56 bits per heavy atom. The van der Waals surface area contributed by atoms with Gasteiger partial charge < -0.3 is 19.4 Å². The molecule has 0 aliphatic rings. The van der Waals surface area contributed by atoms with Crippen LogP contribution in [0.5, 0.6) is 17.2 Å². The van der Waals surface area contributed by atoms with Crippen LogP contribution in [0.1, 0.15) is 26.3 Å². The fraction of sp³-hybridized carbons (Fsp3) is 0.0250. The lowest BCUT2D eigenvalue weighted by Gasteiger charge is -2.13. The Morgan fingerprint density at radius 1 is 0.542 bits per heavy atom. The van der Waals surface area contributed by atoms with Gasteiger partial charge in [-0.05, 0) is 81.9 Å². The summed E-state index contributed by atoms with van der Waals surface area (Å²) in [5.41, 5.74) is 5.88. The van der Waals surface area contributed by atoms with Crippen LogP contribution in [0.15, 0.2) is 146 Å².